The molecule has 0 aromatic carbocycles. The Labute approximate surface area is 146 Å². The lowest BCUT2D eigenvalue weighted by Gasteiger charge is -2.37. The maximum Gasteiger partial charge on any atom is 0.224 e. The molecule has 0 aliphatic carbocycles. The van der Waals surface area contributed by atoms with Gasteiger partial charge in [0, 0.05) is 45.2 Å². The minimum absolute atomic E-state index is 0. The standard InChI is InChI=1S/C15H29N3O2.2ClH/c1-3-7-18-8-4-14(5-9-18)17(2)15(19)11-13-12-20-10-6-16-13;;/h13-14,16H,3-12H2,1-2H3;2*1H. The smallest absolute Gasteiger partial charge is 0.224 e. The summed E-state index contributed by atoms with van der Waals surface area (Å²) in [5, 5.41) is 3.35. The predicted molar refractivity (Wildman–Crippen MR) is 94.2 cm³/mol. The Balaban J connectivity index is 0.00000220. The Hall–Kier alpha value is -0.0700. The van der Waals surface area contributed by atoms with Crippen LogP contribution in [0.15, 0.2) is 0 Å². The first-order valence-corrected chi connectivity index (χ1v) is 8.00. The van der Waals surface area contributed by atoms with Crippen LogP contribution in [0.5, 0.6) is 0 Å². The van der Waals surface area contributed by atoms with Crippen molar-refractivity contribution in [1.29, 1.82) is 0 Å². The van der Waals surface area contributed by atoms with Gasteiger partial charge in [-0.2, -0.15) is 0 Å². The molecule has 2 heterocycles. The van der Waals surface area contributed by atoms with Gasteiger partial charge in [-0.3, -0.25) is 4.79 Å². The lowest BCUT2D eigenvalue weighted by atomic mass is 10.0. The molecule has 0 spiro atoms. The van der Waals surface area contributed by atoms with Gasteiger partial charge in [0.1, 0.15) is 0 Å². The van der Waals surface area contributed by atoms with E-state index in [0.29, 0.717) is 19.1 Å². The van der Waals surface area contributed by atoms with Gasteiger partial charge < -0.3 is 19.9 Å². The van der Waals surface area contributed by atoms with Crippen molar-refractivity contribution in [3.05, 3.63) is 0 Å². The molecule has 2 fully saturated rings. The van der Waals surface area contributed by atoms with E-state index in [9.17, 15) is 4.79 Å². The average Bonchev–Trinajstić information content (AvgIpc) is 2.48. The van der Waals surface area contributed by atoms with E-state index in [-0.39, 0.29) is 36.8 Å². The average molecular weight is 356 g/mol. The quantitative estimate of drug-likeness (QED) is 0.812. The number of ether oxygens (including phenoxy) is 1. The molecule has 2 aliphatic heterocycles. The molecule has 2 rings (SSSR count). The molecule has 0 radical (unpaired) electrons. The summed E-state index contributed by atoms with van der Waals surface area (Å²) in [6.07, 6.45) is 3.99. The van der Waals surface area contributed by atoms with Crippen LogP contribution >= 0.6 is 24.8 Å². The summed E-state index contributed by atoms with van der Waals surface area (Å²) < 4.78 is 5.41. The van der Waals surface area contributed by atoms with Gasteiger partial charge in [-0.1, -0.05) is 6.92 Å². The van der Waals surface area contributed by atoms with E-state index in [1.165, 1.54) is 13.0 Å². The van der Waals surface area contributed by atoms with E-state index in [0.717, 1.165) is 39.1 Å². The Bertz CT molecular complexity index is 307. The fraction of sp³-hybridized carbons (Fsp3) is 0.933. The largest absolute Gasteiger partial charge is 0.378 e. The number of morpholine rings is 1. The van der Waals surface area contributed by atoms with Gasteiger partial charge in [0.2, 0.25) is 5.91 Å². The van der Waals surface area contributed by atoms with Crippen LogP contribution in [-0.4, -0.2) is 74.2 Å². The number of halogens is 2. The van der Waals surface area contributed by atoms with Crippen LogP contribution in [0.3, 0.4) is 0 Å². The molecule has 1 atom stereocenters. The summed E-state index contributed by atoms with van der Waals surface area (Å²) in [6.45, 7) is 7.94. The fourth-order valence-electron chi connectivity index (χ4n) is 3.16. The van der Waals surface area contributed by atoms with E-state index >= 15 is 0 Å². The number of piperidine rings is 1. The molecule has 2 saturated heterocycles. The van der Waals surface area contributed by atoms with E-state index < -0.39 is 0 Å². The zero-order valence-electron chi connectivity index (χ0n) is 13.8. The molecule has 0 aromatic heterocycles. The highest BCUT2D eigenvalue weighted by Crippen LogP contribution is 2.17. The van der Waals surface area contributed by atoms with Gasteiger partial charge in [0.05, 0.1) is 13.2 Å². The number of amides is 1. The number of nitrogens with zero attached hydrogens (tertiary/aromatic N) is 2. The highest BCUT2D eigenvalue weighted by Gasteiger charge is 2.26. The summed E-state index contributed by atoms with van der Waals surface area (Å²) in [7, 11) is 1.96. The van der Waals surface area contributed by atoms with Gasteiger partial charge in [0.15, 0.2) is 0 Å². The molecular formula is C15H31Cl2N3O2. The van der Waals surface area contributed by atoms with E-state index in [1.807, 2.05) is 11.9 Å². The van der Waals surface area contributed by atoms with Crippen LogP contribution in [0.1, 0.15) is 32.6 Å². The molecule has 2 aliphatic rings. The van der Waals surface area contributed by atoms with Crippen molar-refractivity contribution in [3.8, 4) is 0 Å². The second kappa shape index (κ2) is 11.5. The van der Waals surface area contributed by atoms with Gasteiger partial charge >= 0.3 is 0 Å². The second-order valence-corrected chi connectivity index (χ2v) is 6.01. The molecule has 0 saturated carbocycles. The molecule has 1 N–H and O–H groups in total. The molecule has 5 nitrogen and oxygen atoms in total. The third kappa shape index (κ3) is 6.59. The van der Waals surface area contributed by atoms with Crippen LogP contribution in [0.4, 0.5) is 0 Å². The summed E-state index contributed by atoms with van der Waals surface area (Å²) in [5.74, 6) is 0.252. The topological polar surface area (TPSA) is 44.8 Å². The monoisotopic (exact) mass is 355 g/mol. The number of hydrogen-bond donors (Lipinski definition) is 1. The SMILES string of the molecule is CCCN1CCC(N(C)C(=O)CC2COCCN2)CC1.Cl.Cl. The molecule has 22 heavy (non-hydrogen) atoms. The van der Waals surface area contributed by atoms with E-state index in [4.69, 9.17) is 4.74 Å². The maximum absolute atomic E-state index is 12.3. The summed E-state index contributed by atoms with van der Waals surface area (Å²) in [6, 6.07) is 0.610. The summed E-state index contributed by atoms with van der Waals surface area (Å²) in [4.78, 5) is 16.8. The van der Waals surface area contributed by atoms with Crippen LogP contribution in [-0.2, 0) is 9.53 Å². The van der Waals surface area contributed by atoms with Crippen molar-refractivity contribution >= 4 is 30.7 Å². The van der Waals surface area contributed by atoms with Crippen molar-refractivity contribution in [3.63, 3.8) is 0 Å². The van der Waals surface area contributed by atoms with Gasteiger partial charge in [0.25, 0.3) is 0 Å². The zero-order chi connectivity index (χ0) is 14.4. The van der Waals surface area contributed by atoms with Crippen LogP contribution < -0.4 is 5.32 Å². The minimum Gasteiger partial charge on any atom is -0.378 e. The molecule has 1 unspecified atom stereocenters. The van der Waals surface area contributed by atoms with E-state index in [2.05, 4.69) is 17.1 Å². The third-order valence-electron chi connectivity index (χ3n) is 4.46. The third-order valence-corrected chi connectivity index (χ3v) is 4.46. The first-order chi connectivity index (χ1) is 9.70. The van der Waals surface area contributed by atoms with Crippen LogP contribution in [0.2, 0.25) is 0 Å². The Morgan fingerprint density at radius 2 is 2.00 bits per heavy atom. The van der Waals surface area contributed by atoms with Crippen molar-refractivity contribution in [2.75, 3.05) is 46.4 Å². The molecule has 7 heteroatoms. The first-order valence-electron chi connectivity index (χ1n) is 8.00. The number of likely N-dealkylation sites (tertiary alicyclic amines) is 1. The van der Waals surface area contributed by atoms with Crippen LogP contribution in [0, 0.1) is 0 Å². The number of carbonyl (C=O) groups is 1. The first kappa shape index (κ1) is 21.9. The zero-order valence-corrected chi connectivity index (χ0v) is 15.4. The summed E-state index contributed by atoms with van der Waals surface area (Å²) in [5.41, 5.74) is 0. The van der Waals surface area contributed by atoms with Crippen molar-refractivity contribution in [2.45, 2.75) is 44.7 Å². The normalized spacial score (nSPS) is 23.3. The van der Waals surface area contributed by atoms with Gasteiger partial charge in [-0.25, -0.2) is 0 Å². The molecule has 132 valence electrons. The van der Waals surface area contributed by atoms with Gasteiger partial charge in [-0.05, 0) is 25.8 Å². The highest BCUT2D eigenvalue weighted by atomic mass is 35.5. The fourth-order valence-corrected chi connectivity index (χ4v) is 3.16. The Morgan fingerprint density at radius 1 is 1.32 bits per heavy atom. The number of rotatable bonds is 5. The van der Waals surface area contributed by atoms with Crippen molar-refractivity contribution < 1.29 is 9.53 Å². The summed E-state index contributed by atoms with van der Waals surface area (Å²) >= 11 is 0. The van der Waals surface area contributed by atoms with E-state index in [1.54, 1.807) is 0 Å². The lowest BCUT2D eigenvalue weighted by molar-refractivity contribution is -0.134. The Morgan fingerprint density at radius 3 is 2.55 bits per heavy atom. The predicted octanol–water partition coefficient (Wildman–Crippen LogP) is 1.54. The number of hydrogen-bond acceptors (Lipinski definition) is 4. The van der Waals surface area contributed by atoms with Crippen molar-refractivity contribution in [2.24, 2.45) is 0 Å². The van der Waals surface area contributed by atoms with Crippen LogP contribution in [0.25, 0.3) is 0 Å². The second-order valence-electron chi connectivity index (χ2n) is 6.01. The molecule has 0 aromatic rings. The Kier molecular flexibility index (Phi) is 11.4. The number of nitrogens with one attached hydrogen (secondary N) is 1. The maximum atomic E-state index is 12.3. The molecule has 0 bridgehead atoms. The molecular weight excluding hydrogens is 325 g/mol. The highest BCUT2D eigenvalue weighted by molar-refractivity contribution is 5.85. The lowest BCUT2D eigenvalue weighted by Crippen LogP contribution is -2.49. The number of carbonyl (C=O) groups excluding carboxylic acids is 1. The van der Waals surface area contributed by atoms with Gasteiger partial charge in [-0.15, -0.1) is 24.8 Å². The van der Waals surface area contributed by atoms with Crippen molar-refractivity contribution in [1.82, 2.24) is 15.1 Å². The minimum atomic E-state index is 0. The molecule has 1 amide bonds.